The van der Waals surface area contributed by atoms with Gasteiger partial charge in [-0.3, -0.25) is 9.59 Å². The van der Waals surface area contributed by atoms with Gasteiger partial charge in [-0.2, -0.15) is 0 Å². The summed E-state index contributed by atoms with van der Waals surface area (Å²) in [5, 5.41) is 0. The SMILES string of the molecule is COc1ccc(C(=O)C(=O)N(C)C)cc1F. The number of nitrogens with zero attached hydrogens (tertiary/aromatic N) is 1. The van der Waals surface area contributed by atoms with E-state index in [9.17, 15) is 14.0 Å². The number of hydrogen-bond donors (Lipinski definition) is 0. The highest BCUT2D eigenvalue weighted by Crippen LogP contribution is 2.18. The zero-order valence-electron chi connectivity index (χ0n) is 9.28. The second kappa shape index (κ2) is 4.74. The number of methoxy groups -OCH3 is 1. The van der Waals surface area contributed by atoms with Crippen LogP contribution in [0.15, 0.2) is 18.2 Å². The normalized spacial score (nSPS) is 9.75. The minimum Gasteiger partial charge on any atom is -0.494 e. The van der Waals surface area contributed by atoms with Gasteiger partial charge in [-0.25, -0.2) is 4.39 Å². The number of likely N-dealkylation sites (N-methyl/N-ethyl adjacent to an activating group) is 1. The van der Waals surface area contributed by atoms with Crippen LogP contribution in [0.4, 0.5) is 4.39 Å². The van der Waals surface area contributed by atoms with Gasteiger partial charge in [0.2, 0.25) is 5.78 Å². The molecule has 1 aromatic rings. The molecule has 0 saturated carbocycles. The van der Waals surface area contributed by atoms with Crippen molar-refractivity contribution in [3.05, 3.63) is 29.6 Å². The van der Waals surface area contributed by atoms with Crippen molar-refractivity contribution in [2.75, 3.05) is 21.2 Å². The molecule has 0 fully saturated rings. The number of ketones is 1. The van der Waals surface area contributed by atoms with Crippen LogP contribution in [0.2, 0.25) is 0 Å². The Bertz CT molecular complexity index is 429. The van der Waals surface area contributed by atoms with Crippen molar-refractivity contribution in [3.63, 3.8) is 0 Å². The number of amides is 1. The lowest BCUT2D eigenvalue weighted by Gasteiger charge is -2.09. The molecule has 1 rings (SSSR count). The Morgan fingerprint density at radius 1 is 1.31 bits per heavy atom. The Labute approximate surface area is 92.6 Å². The fourth-order valence-electron chi connectivity index (χ4n) is 1.13. The highest BCUT2D eigenvalue weighted by molar-refractivity contribution is 6.42. The number of benzene rings is 1. The summed E-state index contributed by atoms with van der Waals surface area (Å²) in [5.74, 6) is -2.06. The van der Waals surface area contributed by atoms with Crippen LogP contribution in [0.25, 0.3) is 0 Å². The first-order chi connectivity index (χ1) is 7.47. The van der Waals surface area contributed by atoms with Gasteiger partial charge in [0.1, 0.15) is 0 Å². The smallest absolute Gasteiger partial charge is 0.294 e. The fraction of sp³-hybridized carbons (Fsp3) is 0.273. The second-order valence-corrected chi connectivity index (χ2v) is 3.38. The van der Waals surface area contributed by atoms with Gasteiger partial charge >= 0.3 is 0 Å². The third kappa shape index (κ3) is 2.36. The Morgan fingerprint density at radius 2 is 1.94 bits per heavy atom. The van der Waals surface area contributed by atoms with E-state index in [-0.39, 0.29) is 11.3 Å². The first-order valence-corrected chi connectivity index (χ1v) is 4.57. The largest absolute Gasteiger partial charge is 0.494 e. The van der Waals surface area contributed by atoms with Gasteiger partial charge in [-0.1, -0.05) is 0 Å². The van der Waals surface area contributed by atoms with Gasteiger partial charge in [-0.05, 0) is 18.2 Å². The molecular formula is C11H12FNO3. The first kappa shape index (κ1) is 12.2. The second-order valence-electron chi connectivity index (χ2n) is 3.38. The summed E-state index contributed by atoms with van der Waals surface area (Å²) in [6.45, 7) is 0. The number of halogens is 1. The average molecular weight is 225 g/mol. The van der Waals surface area contributed by atoms with E-state index in [1.807, 2.05) is 0 Å². The zero-order chi connectivity index (χ0) is 12.3. The van der Waals surface area contributed by atoms with E-state index < -0.39 is 17.5 Å². The lowest BCUT2D eigenvalue weighted by atomic mass is 10.1. The maximum atomic E-state index is 13.3. The summed E-state index contributed by atoms with van der Waals surface area (Å²) in [7, 11) is 4.24. The predicted molar refractivity (Wildman–Crippen MR) is 56.0 cm³/mol. The van der Waals surface area contributed by atoms with Crippen molar-refractivity contribution in [1.29, 1.82) is 0 Å². The van der Waals surface area contributed by atoms with Crippen LogP contribution in [0.5, 0.6) is 5.75 Å². The van der Waals surface area contributed by atoms with E-state index in [4.69, 9.17) is 4.74 Å². The number of carbonyl (C=O) groups excluding carboxylic acids is 2. The van der Waals surface area contributed by atoms with E-state index in [1.54, 1.807) is 0 Å². The molecule has 1 aromatic carbocycles. The lowest BCUT2D eigenvalue weighted by Crippen LogP contribution is -2.29. The van der Waals surface area contributed by atoms with Crippen LogP contribution in [-0.2, 0) is 4.79 Å². The van der Waals surface area contributed by atoms with E-state index >= 15 is 0 Å². The number of Topliss-reactive ketones (excluding diaryl/α,β-unsaturated/α-hetero) is 1. The number of ether oxygens (including phenoxy) is 1. The Balaban J connectivity index is 3.02. The summed E-state index contributed by atoms with van der Waals surface area (Å²) in [4.78, 5) is 24.0. The monoisotopic (exact) mass is 225 g/mol. The number of carbonyl (C=O) groups is 2. The molecular weight excluding hydrogens is 213 g/mol. The van der Waals surface area contributed by atoms with E-state index in [0.717, 1.165) is 11.0 Å². The quantitative estimate of drug-likeness (QED) is 0.571. The van der Waals surface area contributed by atoms with Crippen LogP contribution in [0.1, 0.15) is 10.4 Å². The highest BCUT2D eigenvalue weighted by atomic mass is 19.1. The molecule has 86 valence electrons. The average Bonchev–Trinajstić information content (AvgIpc) is 2.26. The molecule has 0 radical (unpaired) electrons. The van der Waals surface area contributed by atoms with Crippen molar-refractivity contribution < 1.29 is 18.7 Å². The van der Waals surface area contributed by atoms with Crippen LogP contribution in [-0.4, -0.2) is 37.8 Å². The topological polar surface area (TPSA) is 46.6 Å². The standard InChI is InChI=1S/C11H12FNO3/c1-13(2)11(15)10(14)7-4-5-9(16-3)8(12)6-7/h4-6H,1-3H3. The van der Waals surface area contributed by atoms with E-state index in [1.165, 1.54) is 33.3 Å². The Kier molecular flexibility index (Phi) is 3.60. The fourth-order valence-corrected chi connectivity index (χ4v) is 1.13. The summed E-state index contributed by atoms with van der Waals surface area (Å²) in [5.41, 5.74) is 0.0111. The van der Waals surface area contributed by atoms with Crippen LogP contribution in [0, 0.1) is 5.82 Å². The van der Waals surface area contributed by atoms with Gasteiger partial charge in [0, 0.05) is 19.7 Å². The van der Waals surface area contributed by atoms with Crippen LogP contribution in [0.3, 0.4) is 0 Å². The van der Waals surface area contributed by atoms with Crippen LogP contribution < -0.4 is 4.74 Å². The summed E-state index contributed by atoms with van der Waals surface area (Å²) in [6.07, 6.45) is 0. The highest BCUT2D eigenvalue weighted by Gasteiger charge is 2.19. The molecule has 0 aliphatic heterocycles. The Hall–Kier alpha value is -1.91. The molecule has 0 aliphatic carbocycles. The molecule has 4 nitrogen and oxygen atoms in total. The molecule has 1 amide bonds. The zero-order valence-corrected chi connectivity index (χ0v) is 9.28. The van der Waals surface area contributed by atoms with Crippen molar-refractivity contribution in [2.24, 2.45) is 0 Å². The van der Waals surface area contributed by atoms with Crippen LogP contribution >= 0.6 is 0 Å². The minimum absolute atomic E-state index is 0.0111. The van der Waals surface area contributed by atoms with Gasteiger partial charge in [0.15, 0.2) is 11.6 Å². The van der Waals surface area contributed by atoms with Crippen molar-refractivity contribution in [3.8, 4) is 5.75 Å². The molecule has 0 spiro atoms. The molecule has 0 unspecified atom stereocenters. The molecule has 0 atom stereocenters. The molecule has 16 heavy (non-hydrogen) atoms. The first-order valence-electron chi connectivity index (χ1n) is 4.57. The molecule has 0 N–H and O–H groups in total. The van der Waals surface area contributed by atoms with Crippen molar-refractivity contribution in [2.45, 2.75) is 0 Å². The van der Waals surface area contributed by atoms with E-state index in [2.05, 4.69) is 0 Å². The lowest BCUT2D eigenvalue weighted by molar-refractivity contribution is -0.124. The van der Waals surface area contributed by atoms with Crippen molar-refractivity contribution in [1.82, 2.24) is 4.90 Å². The predicted octanol–water partition coefficient (Wildman–Crippen LogP) is 1.11. The molecule has 0 aliphatic rings. The minimum atomic E-state index is -0.744. The summed E-state index contributed by atoms with van der Waals surface area (Å²) < 4.78 is 18.0. The molecule has 0 aromatic heterocycles. The Morgan fingerprint density at radius 3 is 2.38 bits per heavy atom. The van der Waals surface area contributed by atoms with Gasteiger partial charge in [-0.15, -0.1) is 0 Å². The number of hydrogen-bond acceptors (Lipinski definition) is 3. The maximum absolute atomic E-state index is 13.3. The van der Waals surface area contributed by atoms with Gasteiger partial charge in [0.25, 0.3) is 5.91 Å². The van der Waals surface area contributed by atoms with E-state index in [0.29, 0.717) is 0 Å². The summed E-state index contributed by atoms with van der Waals surface area (Å²) in [6, 6.07) is 3.65. The molecule has 0 bridgehead atoms. The van der Waals surface area contributed by atoms with Gasteiger partial charge in [0.05, 0.1) is 7.11 Å². The van der Waals surface area contributed by atoms with Gasteiger partial charge < -0.3 is 9.64 Å². The third-order valence-corrected chi connectivity index (χ3v) is 2.01. The number of rotatable bonds is 3. The third-order valence-electron chi connectivity index (χ3n) is 2.01. The molecule has 5 heteroatoms. The van der Waals surface area contributed by atoms with Crippen molar-refractivity contribution >= 4 is 11.7 Å². The molecule has 0 saturated heterocycles. The maximum Gasteiger partial charge on any atom is 0.294 e. The summed E-state index contributed by atoms with van der Waals surface area (Å²) >= 11 is 0. The molecule has 0 heterocycles.